The van der Waals surface area contributed by atoms with Gasteiger partial charge in [0.15, 0.2) is 0 Å². The maximum Gasteiger partial charge on any atom is 0.300 e. The number of hydrogen-bond acceptors (Lipinski definition) is 3. The molecule has 168 valence electrons. The van der Waals surface area contributed by atoms with Gasteiger partial charge < -0.3 is 5.11 Å². The Kier molecular flexibility index (Phi) is 5.71. The van der Waals surface area contributed by atoms with Crippen molar-refractivity contribution in [2.45, 2.75) is 46.1 Å². The third-order valence-corrected chi connectivity index (χ3v) is 6.35. The van der Waals surface area contributed by atoms with Gasteiger partial charge in [-0.1, -0.05) is 75.4 Å². The Bertz CT molecular complexity index is 1250. The number of ketones is 1. The molecule has 1 fully saturated rings. The average Bonchev–Trinajstić information content (AvgIpc) is 3.06. The highest BCUT2D eigenvalue weighted by Gasteiger charge is 2.46. The predicted octanol–water partition coefficient (Wildman–Crippen LogP) is 6.23. The maximum atomic E-state index is 13.3. The van der Waals surface area contributed by atoms with Gasteiger partial charge in [0, 0.05) is 11.3 Å². The summed E-state index contributed by atoms with van der Waals surface area (Å²) in [5, 5.41) is 11.3. The molecule has 4 nitrogen and oxygen atoms in total. The van der Waals surface area contributed by atoms with Crippen LogP contribution in [0.2, 0.25) is 0 Å². The number of nitrogens with zero attached hydrogens (tertiary/aromatic N) is 1. The minimum absolute atomic E-state index is 0.0329. The molecule has 3 aromatic carbocycles. The Labute approximate surface area is 195 Å². The van der Waals surface area contributed by atoms with Crippen molar-refractivity contribution in [3.8, 4) is 0 Å². The van der Waals surface area contributed by atoms with E-state index in [9.17, 15) is 14.7 Å². The third kappa shape index (κ3) is 4.09. The lowest BCUT2D eigenvalue weighted by Gasteiger charge is -2.26. The van der Waals surface area contributed by atoms with Crippen LogP contribution in [0, 0.1) is 13.8 Å². The summed E-state index contributed by atoms with van der Waals surface area (Å²) in [7, 11) is 0. The van der Waals surface area contributed by atoms with Crippen LogP contribution < -0.4 is 4.90 Å². The summed E-state index contributed by atoms with van der Waals surface area (Å²) in [4.78, 5) is 28.0. The summed E-state index contributed by atoms with van der Waals surface area (Å²) >= 11 is 0. The first kappa shape index (κ1) is 22.5. The Morgan fingerprint density at radius 1 is 0.848 bits per heavy atom. The average molecular weight is 440 g/mol. The van der Waals surface area contributed by atoms with Crippen LogP contribution in [0.25, 0.3) is 5.76 Å². The molecule has 4 rings (SSSR count). The van der Waals surface area contributed by atoms with Gasteiger partial charge in [-0.3, -0.25) is 14.5 Å². The lowest BCUT2D eigenvalue weighted by atomic mass is 9.87. The molecule has 3 aromatic rings. The molecule has 1 amide bonds. The molecule has 4 heteroatoms. The number of aryl methyl sites for hydroxylation is 2. The quantitative estimate of drug-likeness (QED) is 0.299. The lowest BCUT2D eigenvalue weighted by Crippen LogP contribution is -2.29. The molecule has 0 radical (unpaired) electrons. The van der Waals surface area contributed by atoms with Crippen molar-refractivity contribution in [2.75, 3.05) is 4.90 Å². The summed E-state index contributed by atoms with van der Waals surface area (Å²) < 4.78 is 0. The van der Waals surface area contributed by atoms with Gasteiger partial charge in [0.05, 0.1) is 11.6 Å². The van der Waals surface area contributed by atoms with Crippen molar-refractivity contribution in [3.05, 3.63) is 106 Å². The highest BCUT2D eigenvalue weighted by atomic mass is 16.3. The summed E-state index contributed by atoms with van der Waals surface area (Å²) in [5.41, 5.74) is 5.21. The van der Waals surface area contributed by atoms with E-state index < -0.39 is 17.7 Å². The Morgan fingerprint density at radius 2 is 1.48 bits per heavy atom. The van der Waals surface area contributed by atoms with Crippen molar-refractivity contribution in [1.82, 2.24) is 0 Å². The predicted molar refractivity (Wildman–Crippen MR) is 132 cm³/mol. The molecule has 1 aliphatic rings. The molecule has 0 aliphatic carbocycles. The van der Waals surface area contributed by atoms with Crippen LogP contribution >= 0.6 is 0 Å². The molecular weight excluding hydrogens is 410 g/mol. The molecule has 1 N–H and O–H groups in total. The summed E-state index contributed by atoms with van der Waals surface area (Å²) in [6.07, 6.45) is 0. The number of hydrogen-bond donors (Lipinski definition) is 1. The molecule has 1 atom stereocenters. The highest BCUT2D eigenvalue weighted by molar-refractivity contribution is 6.51. The monoisotopic (exact) mass is 439 g/mol. The number of benzene rings is 3. The fourth-order valence-electron chi connectivity index (χ4n) is 4.22. The van der Waals surface area contributed by atoms with Crippen molar-refractivity contribution >= 4 is 23.1 Å². The lowest BCUT2D eigenvalue weighted by molar-refractivity contribution is -0.132. The number of anilines is 1. The number of carbonyl (C=O) groups is 2. The van der Waals surface area contributed by atoms with Crippen LogP contribution in [0.4, 0.5) is 5.69 Å². The summed E-state index contributed by atoms with van der Waals surface area (Å²) in [5.74, 6) is -1.48. The van der Waals surface area contributed by atoms with Gasteiger partial charge in [0.2, 0.25) is 0 Å². The Morgan fingerprint density at radius 3 is 2.06 bits per heavy atom. The second kappa shape index (κ2) is 8.36. The first-order valence-electron chi connectivity index (χ1n) is 11.1. The van der Waals surface area contributed by atoms with Crippen molar-refractivity contribution in [3.63, 3.8) is 0 Å². The Balaban J connectivity index is 1.90. The normalized spacial score (nSPS) is 18.1. The minimum Gasteiger partial charge on any atom is -0.507 e. The van der Waals surface area contributed by atoms with Gasteiger partial charge in [-0.05, 0) is 59.7 Å². The van der Waals surface area contributed by atoms with Gasteiger partial charge in [0.1, 0.15) is 5.76 Å². The van der Waals surface area contributed by atoms with E-state index in [4.69, 9.17) is 0 Å². The van der Waals surface area contributed by atoms with E-state index in [1.54, 1.807) is 6.07 Å². The first-order chi connectivity index (χ1) is 15.6. The van der Waals surface area contributed by atoms with Gasteiger partial charge >= 0.3 is 0 Å². The number of amides is 1. The molecule has 0 bridgehead atoms. The molecule has 1 unspecified atom stereocenters. The molecule has 1 aliphatic heterocycles. The van der Waals surface area contributed by atoms with Crippen LogP contribution in [0.1, 0.15) is 54.6 Å². The zero-order valence-electron chi connectivity index (χ0n) is 19.7. The van der Waals surface area contributed by atoms with E-state index in [0.29, 0.717) is 11.3 Å². The molecular formula is C29H29NO3. The first-order valence-corrected chi connectivity index (χ1v) is 11.1. The van der Waals surface area contributed by atoms with Crippen LogP contribution in [0.3, 0.4) is 0 Å². The SMILES string of the molecule is Cc1ccc(/C(O)=C2/C(=O)C(=O)N(c3ccc(C(C)(C)C)cc3)C2c2ccccc2)cc1C. The topological polar surface area (TPSA) is 57.6 Å². The van der Waals surface area contributed by atoms with Crippen LogP contribution in [-0.4, -0.2) is 16.8 Å². The van der Waals surface area contributed by atoms with Crippen molar-refractivity contribution in [2.24, 2.45) is 0 Å². The zero-order valence-corrected chi connectivity index (χ0v) is 19.7. The minimum atomic E-state index is -0.715. The maximum absolute atomic E-state index is 13.3. The van der Waals surface area contributed by atoms with Gasteiger partial charge in [0.25, 0.3) is 11.7 Å². The van der Waals surface area contributed by atoms with E-state index in [2.05, 4.69) is 20.8 Å². The van der Waals surface area contributed by atoms with Crippen molar-refractivity contribution < 1.29 is 14.7 Å². The summed E-state index contributed by atoms with van der Waals surface area (Å²) in [6, 6.07) is 21.9. The van der Waals surface area contributed by atoms with Gasteiger partial charge in [-0.15, -0.1) is 0 Å². The number of aliphatic hydroxyl groups excluding tert-OH is 1. The largest absolute Gasteiger partial charge is 0.507 e. The molecule has 1 heterocycles. The molecule has 0 saturated carbocycles. The van der Waals surface area contributed by atoms with Gasteiger partial charge in [-0.25, -0.2) is 0 Å². The second-order valence-corrected chi connectivity index (χ2v) is 9.68. The highest BCUT2D eigenvalue weighted by Crippen LogP contribution is 2.42. The zero-order chi connectivity index (χ0) is 23.9. The molecule has 0 aromatic heterocycles. The van der Waals surface area contributed by atoms with Crippen molar-refractivity contribution in [1.29, 1.82) is 0 Å². The number of rotatable bonds is 3. The standard InChI is InChI=1S/C29H29NO3/c1-18-11-12-21(17-19(18)2)26(31)24-25(20-9-7-6-8-10-20)30(28(33)27(24)32)23-15-13-22(14-16-23)29(3,4)5/h6-17,25,31H,1-5H3/b26-24-. The third-order valence-electron chi connectivity index (χ3n) is 6.35. The molecule has 0 spiro atoms. The van der Waals surface area contributed by atoms with E-state index in [1.807, 2.05) is 80.6 Å². The van der Waals surface area contributed by atoms with E-state index in [1.165, 1.54) is 4.90 Å². The molecule has 1 saturated heterocycles. The summed E-state index contributed by atoms with van der Waals surface area (Å²) in [6.45, 7) is 10.3. The smallest absolute Gasteiger partial charge is 0.300 e. The van der Waals surface area contributed by atoms with Crippen LogP contribution in [0.5, 0.6) is 0 Å². The fraction of sp³-hybridized carbons (Fsp3) is 0.241. The van der Waals surface area contributed by atoms with E-state index in [0.717, 1.165) is 22.3 Å². The van der Waals surface area contributed by atoms with Gasteiger partial charge in [-0.2, -0.15) is 0 Å². The number of carbonyl (C=O) groups excluding carboxylic acids is 2. The fourth-order valence-corrected chi connectivity index (χ4v) is 4.22. The molecule has 33 heavy (non-hydrogen) atoms. The Hall–Kier alpha value is -3.66. The second-order valence-electron chi connectivity index (χ2n) is 9.68. The van der Waals surface area contributed by atoms with E-state index >= 15 is 0 Å². The van der Waals surface area contributed by atoms with Crippen LogP contribution in [0.15, 0.2) is 78.4 Å². The van der Waals surface area contributed by atoms with Crippen LogP contribution in [-0.2, 0) is 15.0 Å². The van der Waals surface area contributed by atoms with E-state index in [-0.39, 0.29) is 16.7 Å². The number of aliphatic hydroxyl groups is 1. The number of Topliss-reactive ketones (excluding diaryl/α,β-unsaturated/α-hetero) is 1.